The molecule has 0 aliphatic carbocycles. The van der Waals surface area contributed by atoms with Crippen molar-refractivity contribution in [2.45, 2.75) is 26.8 Å². The quantitative estimate of drug-likeness (QED) is 0.258. The number of ether oxygens (including phenoxy) is 3. The largest absolute Gasteiger partial charge is 0.490 e. The molecule has 37 heavy (non-hydrogen) atoms. The number of fused-ring (bicyclic) bond motifs is 1. The van der Waals surface area contributed by atoms with E-state index in [1.54, 1.807) is 31.2 Å². The minimum atomic E-state index is -0.692. The maximum absolute atomic E-state index is 13.7. The number of nitrogens with zero attached hydrogens (tertiary/aromatic N) is 2. The lowest BCUT2D eigenvalue weighted by Gasteiger charge is -2.24. The molecule has 0 spiro atoms. The summed E-state index contributed by atoms with van der Waals surface area (Å²) in [4.78, 5) is 43.2. The average molecular weight is 519 g/mol. The van der Waals surface area contributed by atoms with Gasteiger partial charge in [-0.05, 0) is 43.2 Å². The van der Waals surface area contributed by atoms with Crippen LogP contribution < -0.4 is 24.4 Å². The highest BCUT2D eigenvalue weighted by molar-refractivity contribution is 7.07. The van der Waals surface area contributed by atoms with Crippen LogP contribution in [0.3, 0.4) is 0 Å². The second kappa shape index (κ2) is 11.2. The minimum absolute atomic E-state index is 0.0487. The van der Waals surface area contributed by atoms with Crippen molar-refractivity contribution in [2.24, 2.45) is 4.99 Å². The van der Waals surface area contributed by atoms with Gasteiger partial charge in [-0.15, -0.1) is 0 Å². The third-order valence-corrected chi connectivity index (χ3v) is 6.49. The Balaban J connectivity index is 1.86. The molecule has 0 saturated carbocycles. The summed E-state index contributed by atoms with van der Waals surface area (Å²) in [5.41, 5.74) is 1.94. The van der Waals surface area contributed by atoms with Gasteiger partial charge < -0.3 is 14.2 Å². The highest BCUT2D eigenvalue weighted by Gasteiger charge is 2.33. The van der Waals surface area contributed by atoms with Crippen LogP contribution in [-0.4, -0.2) is 29.7 Å². The van der Waals surface area contributed by atoms with Gasteiger partial charge >= 0.3 is 11.9 Å². The molecule has 1 aromatic heterocycles. The van der Waals surface area contributed by atoms with Gasteiger partial charge in [0.1, 0.15) is 6.61 Å². The van der Waals surface area contributed by atoms with Gasteiger partial charge in [0.2, 0.25) is 0 Å². The number of carbonyl (C=O) groups is 2. The second-order valence-electron chi connectivity index (χ2n) is 8.11. The Bertz CT molecular complexity index is 1570. The van der Waals surface area contributed by atoms with E-state index >= 15 is 0 Å². The first-order valence-electron chi connectivity index (χ1n) is 11.6. The zero-order valence-electron chi connectivity index (χ0n) is 20.7. The van der Waals surface area contributed by atoms with E-state index in [0.717, 1.165) is 5.56 Å². The smallest absolute Gasteiger partial charge is 0.338 e. The van der Waals surface area contributed by atoms with E-state index in [1.165, 1.54) is 28.9 Å². The number of rotatable bonds is 8. The van der Waals surface area contributed by atoms with Crippen LogP contribution in [0.15, 0.2) is 82.2 Å². The molecule has 2 heterocycles. The maximum Gasteiger partial charge on any atom is 0.338 e. The molecular formula is C28H26N2O6S. The highest BCUT2D eigenvalue weighted by Crippen LogP contribution is 2.31. The Morgan fingerprint density at radius 3 is 2.59 bits per heavy atom. The first kappa shape index (κ1) is 25.8. The summed E-state index contributed by atoms with van der Waals surface area (Å²) in [6.07, 6.45) is 3.21. The molecule has 0 fully saturated rings. The van der Waals surface area contributed by atoms with Crippen molar-refractivity contribution in [1.29, 1.82) is 0 Å². The van der Waals surface area contributed by atoms with Crippen LogP contribution in [0.25, 0.3) is 6.08 Å². The monoisotopic (exact) mass is 518 g/mol. The van der Waals surface area contributed by atoms with Crippen LogP contribution in [0.4, 0.5) is 0 Å². The fourth-order valence-electron chi connectivity index (χ4n) is 4.02. The van der Waals surface area contributed by atoms with Gasteiger partial charge in [0, 0.05) is 6.92 Å². The summed E-state index contributed by atoms with van der Waals surface area (Å²) in [5.74, 6) is -0.313. The highest BCUT2D eigenvalue weighted by atomic mass is 32.1. The Hall–Kier alpha value is -4.24. The summed E-state index contributed by atoms with van der Waals surface area (Å²) in [6.45, 7) is 8.90. The molecule has 4 rings (SSSR count). The molecule has 1 aliphatic rings. The third kappa shape index (κ3) is 5.46. The van der Waals surface area contributed by atoms with Crippen LogP contribution >= 0.6 is 11.3 Å². The number of hydrogen-bond donors (Lipinski definition) is 0. The molecule has 8 nitrogen and oxygen atoms in total. The Labute approximate surface area is 217 Å². The number of aromatic nitrogens is 1. The number of hydrogen-bond acceptors (Lipinski definition) is 8. The lowest BCUT2D eigenvalue weighted by atomic mass is 9.96. The topological polar surface area (TPSA) is 96.2 Å². The average Bonchev–Trinajstić information content (AvgIpc) is 3.17. The third-order valence-electron chi connectivity index (χ3n) is 5.51. The molecule has 0 amide bonds. The van der Waals surface area contributed by atoms with E-state index in [4.69, 9.17) is 14.2 Å². The lowest BCUT2D eigenvalue weighted by molar-refractivity contribution is -0.138. The molecule has 3 aromatic rings. The van der Waals surface area contributed by atoms with Crippen LogP contribution in [0.1, 0.15) is 37.9 Å². The molecule has 1 unspecified atom stereocenters. The van der Waals surface area contributed by atoms with Crippen molar-refractivity contribution in [3.63, 3.8) is 0 Å². The van der Waals surface area contributed by atoms with E-state index in [2.05, 4.69) is 11.6 Å². The number of allylic oxidation sites excluding steroid dienone is 1. The number of esters is 2. The number of benzene rings is 2. The zero-order valence-corrected chi connectivity index (χ0v) is 21.5. The van der Waals surface area contributed by atoms with Crippen molar-refractivity contribution >= 4 is 29.4 Å². The van der Waals surface area contributed by atoms with Gasteiger partial charge in [0.15, 0.2) is 16.3 Å². The molecular weight excluding hydrogens is 492 g/mol. The molecule has 1 atom stereocenters. The van der Waals surface area contributed by atoms with Crippen LogP contribution in [0.5, 0.6) is 11.5 Å². The van der Waals surface area contributed by atoms with Crippen LogP contribution in [0, 0.1) is 0 Å². The fraction of sp³-hybridized carbons (Fsp3) is 0.214. The van der Waals surface area contributed by atoms with Gasteiger partial charge in [0.05, 0.1) is 28.5 Å². The summed E-state index contributed by atoms with van der Waals surface area (Å²) >= 11 is 1.22. The second-order valence-corrected chi connectivity index (χ2v) is 9.12. The number of carbonyl (C=O) groups excluding carboxylic acids is 2. The molecule has 190 valence electrons. The van der Waals surface area contributed by atoms with Crippen molar-refractivity contribution in [1.82, 2.24) is 4.57 Å². The molecule has 0 saturated heterocycles. The SMILES string of the molecule is C=CCOC(=O)C1=C(C)N=c2s/c(=C/c3ccc(OC(C)=O)c(OCC)c3)c(=O)n2C1c1ccccc1. The Morgan fingerprint density at radius 1 is 1.16 bits per heavy atom. The van der Waals surface area contributed by atoms with Crippen molar-refractivity contribution in [3.05, 3.63) is 103 Å². The zero-order chi connectivity index (χ0) is 26.5. The molecule has 1 aliphatic heterocycles. The van der Waals surface area contributed by atoms with Gasteiger partial charge in [-0.25, -0.2) is 9.79 Å². The van der Waals surface area contributed by atoms with Crippen LogP contribution in [-0.2, 0) is 14.3 Å². The number of thiazole rings is 1. The standard InChI is InChI=1S/C28H26N2O6S/c1-5-14-35-27(33)24-17(3)29-28-30(25(24)20-10-8-7-9-11-20)26(32)23(37-28)16-19-12-13-21(36-18(4)31)22(15-19)34-6-2/h5,7-13,15-16,25H,1,6,14H2,2-4H3/b23-16+. The predicted molar refractivity (Wildman–Crippen MR) is 140 cm³/mol. The maximum atomic E-state index is 13.7. The van der Waals surface area contributed by atoms with E-state index in [1.807, 2.05) is 37.3 Å². The van der Waals surface area contributed by atoms with E-state index < -0.39 is 18.0 Å². The molecule has 2 aromatic carbocycles. The fourth-order valence-corrected chi connectivity index (χ4v) is 5.07. The first-order valence-corrected chi connectivity index (χ1v) is 12.5. The van der Waals surface area contributed by atoms with Gasteiger partial charge in [-0.2, -0.15) is 0 Å². The molecule has 0 bridgehead atoms. The van der Waals surface area contributed by atoms with Crippen molar-refractivity contribution in [3.8, 4) is 11.5 Å². The predicted octanol–water partition coefficient (Wildman–Crippen LogP) is 3.29. The van der Waals surface area contributed by atoms with E-state index in [0.29, 0.717) is 44.3 Å². The van der Waals surface area contributed by atoms with Crippen LogP contribution in [0.2, 0.25) is 0 Å². The molecule has 0 N–H and O–H groups in total. The molecule has 9 heteroatoms. The summed E-state index contributed by atoms with van der Waals surface area (Å²) < 4.78 is 18.1. The Kier molecular flexibility index (Phi) is 7.83. The summed E-state index contributed by atoms with van der Waals surface area (Å²) in [6, 6.07) is 13.7. The minimum Gasteiger partial charge on any atom is -0.490 e. The molecule has 0 radical (unpaired) electrons. The summed E-state index contributed by atoms with van der Waals surface area (Å²) in [7, 11) is 0. The van der Waals surface area contributed by atoms with Gasteiger partial charge in [0.25, 0.3) is 5.56 Å². The van der Waals surface area contributed by atoms with Gasteiger partial charge in [-0.1, -0.05) is 60.4 Å². The normalized spacial score (nSPS) is 15.0. The summed E-state index contributed by atoms with van der Waals surface area (Å²) in [5, 5.41) is 0. The Morgan fingerprint density at radius 2 is 1.92 bits per heavy atom. The lowest BCUT2D eigenvalue weighted by Crippen LogP contribution is -2.39. The first-order chi connectivity index (χ1) is 17.8. The van der Waals surface area contributed by atoms with E-state index in [-0.39, 0.29) is 12.2 Å². The van der Waals surface area contributed by atoms with Crippen molar-refractivity contribution < 1.29 is 23.8 Å². The van der Waals surface area contributed by atoms with Gasteiger partial charge in [-0.3, -0.25) is 14.2 Å². The van der Waals surface area contributed by atoms with Crippen molar-refractivity contribution in [2.75, 3.05) is 13.2 Å². The van der Waals surface area contributed by atoms with E-state index in [9.17, 15) is 14.4 Å².